The van der Waals surface area contributed by atoms with Crippen LogP contribution in [-0.2, 0) is 16.0 Å². The Hall–Kier alpha value is -2.80. The van der Waals surface area contributed by atoms with Crippen LogP contribution in [0.3, 0.4) is 0 Å². The molecule has 3 aromatic rings. The Morgan fingerprint density at radius 2 is 2.00 bits per heavy atom. The fraction of sp³-hybridized carbons (Fsp3) is 0.238. The molecule has 7 heteroatoms. The summed E-state index contributed by atoms with van der Waals surface area (Å²) < 4.78 is 5.93. The number of fused-ring (bicyclic) bond motifs is 1. The molecule has 0 radical (unpaired) electrons. The van der Waals surface area contributed by atoms with Gasteiger partial charge in [-0.25, -0.2) is 4.79 Å². The maximum atomic E-state index is 12.9. The molecule has 6 nitrogen and oxygen atoms in total. The number of hydrogen-bond donors (Lipinski definition) is 3. The van der Waals surface area contributed by atoms with E-state index in [-0.39, 0.29) is 12.5 Å². The second kappa shape index (κ2) is 8.93. The van der Waals surface area contributed by atoms with Crippen molar-refractivity contribution in [1.82, 2.24) is 10.3 Å². The summed E-state index contributed by atoms with van der Waals surface area (Å²) in [6.07, 6.45) is 1.58. The zero-order valence-corrected chi connectivity index (χ0v) is 17.3. The van der Waals surface area contributed by atoms with E-state index < -0.39 is 12.1 Å². The van der Waals surface area contributed by atoms with Crippen molar-refractivity contribution in [2.45, 2.75) is 26.3 Å². The molecule has 0 fully saturated rings. The van der Waals surface area contributed by atoms with Crippen molar-refractivity contribution in [3.8, 4) is 0 Å². The van der Waals surface area contributed by atoms with Gasteiger partial charge in [0, 0.05) is 33.7 Å². The molecule has 1 aromatic heterocycles. The van der Waals surface area contributed by atoms with Gasteiger partial charge in [0.05, 0.1) is 6.61 Å². The summed E-state index contributed by atoms with van der Waals surface area (Å²) in [5.41, 5.74) is 3.60. The van der Waals surface area contributed by atoms with Crippen LogP contribution in [0.15, 0.2) is 53.1 Å². The number of benzene rings is 2. The molecule has 0 saturated carbocycles. The number of halogens is 1. The van der Waals surface area contributed by atoms with Crippen LogP contribution in [0.4, 0.5) is 10.5 Å². The summed E-state index contributed by atoms with van der Waals surface area (Å²) in [5.74, 6) is -0.306. The fourth-order valence-electron chi connectivity index (χ4n) is 3.00. The van der Waals surface area contributed by atoms with Crippen molar-refractivity contribution in [3.05, 3.63) is 64.3 Å². The second-order valence-electron chi connectivity index (χ2n) is 6.43. The summed E-state index contributed by atoms with van der Waals surface area (Å²) in [7, 11) is 0. The smallest absolute Gasteiger partial charge is 0.407 e. The number of alkyl carbamates (subject to hydrolysis) is 1. The zero-order valence-electron chi connectivity index (χ0n) is 15.7. The van der Waals surface area contributed by atoms with E-state index in [1.807, 2.05) is 55.6 Å². The molecule has 2 aromatic carbocycles. The first-order valence-corrected chi connectivity index (χ1v) is 9.82. The Morgan fingerprint density at radius 3 is 2.75 bits per heavy atom. The van der Waals surface area contributed by atoms with E-state index in [4.69, 9.17) is 4.74 Å². The number of aromatic amines is 1. The lowest BCUT2D eigenvalue weighted by molar-refractivity contribution is -0.118. The average Bonchev–Trinajstić information content (AvgIpc) is 3.07. The average molecular weight is 444 g/mol. The van der Waals surface area contributed by atoms with Crippen LogP contribution in [0.5, 0.6) is 0 Å². The minimum absolute atomic E-state index is 0.235. The molecule has 1 atom stereocenters. The van der Waals surface area contributed by atoms with E-state index >= 15 is 0 Å². The second-order valence-corrected chi connectivity index (χ2v) is 7.29. The molecule has 146 valence electrons. The highest BCUT2D eigenvalue weighted by Crippen LogP contribution is 2.22. The van der Waals surface area contributed by atoms with Gasteiger partial charge in [0.15, 0.2) is 0 Å². The summed E-state index contributed by atoms with van der Waals surface area (Å²) in [4.78, 5) is 28.1. The van der Waals surface area contributed by atoms with Gasteiger partial charge in [-0.2, -0.15) is 0 Å². The Bertz CT molecular complexity index is 999. The van der Waals surface area contributed by atoms with Crippen LogP contribution in [0.25, 0.3) is 10.9 Å². The Morgan fingerprint density at radius 1 is 1.21 bits per heavy atom. The van der Waals surface area contributed by atoms with Gasteiger partial charge in [0.25, 0.3) is 0 Å². The van der Waals surface area contributed by atoms with Gasteiger partial charge in [-0.3, -0.25) is 4.79 Å². The number of nitrogens with one attached hydrogen (secondary N) is 3. The molecular weight excluding hydrogens is 422 g/mol. The van der Waals surface area contributed by atoms with Crippen LogP contribution in [0.1, 0.15) is 18.1 Å². The highest BCUT2D eigenvalue weighted by molar-refractivity contribution is 9.10. The standard InChI is InChI=1S/C21H22BrN3O3/c1-3-28-21(27)25-19(11-14-12-23-18-7-5-4-6-16(14)18)20(26)24-15-8-9-17(22)13(2)10-15/h4-10,12,19,23H,3,11H2,1-2H3,(H,24,26)(H,25,27)/t19-/m1/s1. The third kappa shape index (κ3) is 4.72. The highest BCUT2D eigenvalue weighted by Gasteiger charge is 2.23. The number of amides is 2. The van der Waals surface area contributed by atoms with E-state index in [1.165, 1.54) is 0 Å². The number of ether oxygens (including phenoxy) is 1. The third-order valence-electron chi connectivity index (χ3n) is 4.41. The number of anilines is 1. The molecule has 0 unspecified atom stereocenters. The lowest BCUT2D eigenvalue weighted by atomic mass is 10.0. The molecule has 1 heterocycles. The van der Waals surface area contributed by atoms with E-state index in [2.05, 4.69) is 31.5 Å². The first-order chi connectivity index (χ1) is 13.5. The number of hydrogen-bond acceptors (Lipinski definition) is 3. The normalized spacial score (nSPS) is 11.8. The Balaban J connectivity index is 1.82. The van der Waals surface area contributed by atoms with Gasteiger partial charge >= 0.3 is 6.09 Å². The number of aromatic nitrogens is 1. The Kier molecular flexibility index (Phi) is 6.36. The number of carbonyl (C=O) groups is 2. The summed E-state index contributed by atoms with van der Waals surface area (Å²) in [5, 5.41) is 6.57. The minimum atomic E-state index is -0.776. The molecule has 0 aliphatic heterocycles. The number of para-hydroxylation sites is 1. The number of aryl methyl sites for hydroxylation is 1. The van der Waals surface area contributed by atoms with Gasteiger partial charge in [-0.05, 0) is 49.2 Å². The topological polar surface area (TPSA) is 83.2 Å². The SMILES string of the molecule is CCOC(=O)N[C@H](Cc1c[nH]c2ccccc12)C(=O)Nc1ccc(Br)c(C)c1. The molecule has 28 heavy (non-hydrogen) atoms. The van der Waals surface area contributed by atoms with Gasteiger partial charge in [0.1, 0.15) is 6.04 Å². The van der Waals surface area contributed by atoms with Crippen molar-refractivity contribution in [1.29, 1.82) is 0 Å². The van der Waals surface area contributed by atoms with Crippen molar-refractivity contribution in [3.63, 3.8) is 0 Å². The predicted molar refractivity (Wildman–Crippen MR) is 113 cm³/mol. The van der Waals surface area contributed by atoms with Gasteiger partial charge < -0.3 is 20.4 Å². The van der Waals surface area contributed by atoms with E-state index in [0.29, 0.717) is 12.1 Å². The zero-order chi connectivity index (χ0) is 20.1. The lowest BCUT2D eigenvalue weighted by Crippen LogP contribution is -2.45. The van der Waals surface area contributed by atoms with Crippen LogP contribution in [0, 0.1) is 6.92 Å². The summed E-state index contributed by atoms with van der Waals surface area (Å²) >= 11 is 3.45. The molecule has 0 saturated heterocycles. The first kappa shape index (κ1) is 19.9. The molecule has 3 rings (SSSR count). The fourth-order valence-corrected chi connectivity index (χ4v) is 3.24. The molecule has 0 aliphatic carbocycles. The minimum Gasteiger partial charge on any atom is -0.450 e. The van der Waals surface area contributed by atoms with Gasteiger partial charge in [-0.15, -0.1) is 0 Å². The van der Waals surface area contributed by atoms with Crippen LogP contribution >= 0.6 is 15.9 Å². The first-order valence-electron chi connectivity index (χ1n) is 9.03. The van der Waals surface area contributed by atoms with Crippen LogP contribution in [-0.4, -0.2) is 29.6 Å². The molecule has 2 amide bonds. The number of carbonyl (C=O) groups excluding carboxylic acids is 2. The van der Waals surface area contributed by atoms with Crippen molar-refractivity contribution < 1.29 is 14.3 Å². The van der Waals surface area contributed by atoms with E-state index in [1.54, 1.807) is 6.92 Å². The van der Waals surface area contributed by atoms with Crippen molar-refractivity contribution in [2.24, 2.45) is 0 Å². The molecule has 3 N–H and O–H groups in total. The van der Waals surface area contributed by atoms with Gasteiger partial charge in [0.2, 0.25) is 5.91 Å². The predicted octanol–water partition coefficient (Wildman–Crippen LogP) is 4.53. The number of H-pyrrole nitrogens is 1. The lowest BCUT2D eigenvalue weighted by Gasteiger charge is -2.18. The largest absolute Gasteiger partial charge is 0.450 e. The van der Waals surface area contributed by atoms with Crippen molar-refractivity contribution >= 4 is 44.5 Å². The maximum Gasteiger partial charge on any atom is 0.407 e. The quantitative estimate of drug-likeness (QED) is 0.522. The van der Waals surface area contributed by atoms with Crippen LogP contribution in [0.2, 0.25) is 0 Å². The third-order valence-corrected chi connectivity index (χ3v) is 5.30. The van der Waals surface area contributed by atoms with Crippen molar-refractivity contribution in [2.75, 3.05) is 11.9 Å². The van der Waals surface area contributed by atoms with Gasteiger partial charge in [-0.1, -0.05) is 34.1 Å². The molecular formula is C21H22BrN3O3. The highest BCUT2D eigenvalue weighted by atomic mass is 79.9. The summed E-state index contributed by atoms with van der Waals surface area (Å²) in [6, 6.07) is 12.6. The maximum absolute atomic E-state index is 12.9. The Labute approximate surface area is 171 Å². The van der Waals surface area contributed by atoms with Crippen LogP contribution < -0.4 is 10.6 Å². The monoisotopic (exact) mass is 443 g/mol. The molecule has 0 bridgehead atoms. The van der Waals surface area contributed by atoms with E-state index in [0.717, 1.165) is 26.5 Å². The van der Waals surface area contributed by atoms with E-state index in [9.17, 15) is 9.59 Å². The molecule has 0 aliphatic rings. The summed E-state index contributed by atoms with van der Waals surface area (Å²) in [6.45, 7) is 3.90. The number of rotatable bonds is 6. The molecule has 0 spiro atoms.